The van der Waals surface area contributed by atoms with Crippen LogP contribution in [-0.2, 0) is 6.42 Å². The number of hydrazone groups is 1. The molecular formula is C16H14N6S. The largest absolute Gasteiger partial charge is 0.338 e. The smallest absolute Gasteiger partial charge is 0.265 e. The van der Waals surface area contributed by atoms with Crippen LogP contribution in [0.1, 0.15) is 17.4 Å². The van der Waals surface area contributed by atoms with Crippen molar-refractivity contribution < 1.29 is 0 Å². The molecule has 0 aliphatic heterocycles. The normalized spacial score (nSPS) is 11.7. The average Bonchev–Trinajstić information content (AvgIpc) is 3.21. The van der Waals surface area contributed by atoms with Crippen molar-refractivity contribution in [3.8, 4) is 0 Å². The predicted molar refractivity (Wildman–Crippen MR) is 94.1 cm³/mol. The van der Waals surface area contributed by atoms with E-state index in [0.29, 0.717) is 11.6 Å². The maximum absolute atomic E-state index is 4.44. The summed E-state index contributed by atoms with van der Waals surface area (Å²) in [6.07, 6.45) is 2.72. The Hall–Kier alpha value is -2.80. The first kappa shape index (κ1) is 13.8. The third-order valence-electron chi connectivity index (χ3n) is 3.59. The molecular weight excluding hydrogens is 308 g/mol. The van der Waals surface area contributed by atoms with Crippen LogP contribution in [0.2, 0.25) is 0 Å². The molecule has 0 atom stereocenters. The van der Waals surface area contributed by atoms with Gasteiger partial charge in [0.1, 0.15) is 5.52 Å². The molecule has 1 aromatic carbocycles. The molecule has 7 heteroatoms. The van der Waals surface area contributed by atoms with E-state index < -0.39 is 0 Å². The number of fused-ring (bicyclic) bond motifs is 3. The van der Waals surface area contributed by atoms with E-state index >= 15 is 0 Å². The molecule has 4 aromatic rings. The van der Waals surface area contributed by atoms with Gasteiger partial charge in [-0.1, -0.05) is 19.1 Å². The lowest BCUT2D eigenvalue weighted by molar-refractivity contribution is 1.01. The van der Waals surface area contributed by atoms with Gasteiger partial charge in [-0.2, -0.15) is 10.1 Å². The second-order valence-electron chi connectivity index (χ2n) is 5.08. The van der Waals surface area contributed by atoms with Crippen molar-refractivity contribution >= 4 is 45.6 Å². The number of rotatable bonds is 4. The minimum absolute atomic E-state index is 0.368. The van der Waals surface area contributed by atoms with Crippen LogP contribution in [-0.4, -0.2) is 26.4 Å². The van der Waals surface area contributed by atoms with Crippen molar-refractivity contribution in [2.75, 3.05) is 5.43 Å². The van der Waals surface area contributed by atoms with Crippen LogP contribution in [0.25, 0.3) is 22.1 Å². The molecule has 0 radical (unpaired) electrons. The third-order valence-corrected chi connectivity index (χ3v) is 4.39. The molecule has 3 heterocycles. The molecule has 6 nitrogen and oxygen atoms in total. The summed E-state index contributed by atoms with van der Waals surface area (Å²) >= 11 is 1.62. The van der Waals surface area contributed by atoms with Gasteiger partial charge >= 0.3 is 0 Å². The fourth-order valence-electron chi connectivity index (χ4n) is 2.40. The van der Waals surface area contributed by atoms with Crippen molar-refractivity contribution in [1.29, 1.82) is 0 Å². The summed E-state index contributed by atoms with van der Waals surface area (Å²) in [5, 5.41) is 15.6. The van der Waals surface area contributed by atoms with Gasteiger partial charge in [0, 0.05) is 15.8 Å². The first-order valence-corrected chi connectivity index (χ1v) is 8.19. The van der Waals surface area contributed by atoms with E-state index in [1.807, 2.05) is 17.5 Å². The van der Waals surface area contributed by atoms with E-state index in [9.17, 15) is 0 Å². The van der Waals surface area contributed by atoms with Crippen molar-refractivity contribution in [3.05, 3.63) is 46.2 Å². The van der Waals surface area contributed by atoms with Crippen LogP contribution >= 0.6 is 11.3 Å². The molecule has 0 saturated carbocycles. The van der Waals surface area contributed by atoms with Crippen molar-refractivity contribution in [3.63, 3.8) is 0 Å². The number of hydrogen-bond acceptors (Lipinski definition) is 6. The zero-order valence-electron chi connectivity index (χ0n) is 12.4. The lowest BCUT2D eigenvalue weighted by Crippen LogP contribution is -1.98. The summed E-state index contributed by atoms with van der Waals surface area (Å²) in [6.45, 7) is 2.13. The molecule has 0 bridgehead atoms. The van der Waals surface area contributed by atoms with Crippen molar-refractivity contribution in [2.45, 2.75) is 13.3 Å². The lowest BCUT2D eigenvalue weighted by Gasteiger charge is -1.97. The molecule has 0 amide bonds. The SMILES string of the molecule is CCc1ccc2[nH]c3nc(NN=Cc4cccs4)nnc3c2c1. The summed E-state index contributed by atoms with van der Waals surface area (Å²) in [4.78, 5) is 8.77. The molecule has 0 aliphatic carbocycles. The molecule has 0 unspecified atom stereocenters. The van der Waals surface area contributed by atoms with Gasteiger partial charge < -0.3 is 4.98 Å². The van der Waals surface area contributed by atoms with Gasteiger partial charge in [-0.15, -0.1) is 21.5 Å². The third kappa shape index (κ3) is 2.66. The number of thiophene rings is 1. The Kier molecular flexibility index (Phi) is 3.47. The van der Waals surface area contributed by atoms with Crippen LogP contribution < -0.4 is 5.43 Å². The molecule has 3 aromatic heterocycles. The van der Waals surface area contributed by atoms with Crippen molar-refractivity contribution in [1.82, 2.24) is 20.2 Å². The Labute approximate surface area is 136 Å². The Bertz CT molecular complexity index is 987. The van der Waals surface area contributed by atoms with Gasteiger partial charge in [-0.25, -0.2) is 5.43 Å². The molecule has 0 fully saturated rings. The average molecular weight is 322 g/mol. The molecule has 4 rings (SSSR count). The fraction of sp³-hybridized carbons (Fsp3) is 0.125. The second-order valence-corrected chi connectivity index (χ2v) is 6.06. The van der Waals surface area contributed by atoms with Gasteiger partial charge in [0.2, 0.25) is 0 Å². The number of hydrogen-bond donors (Lipinski definition) is 2. The first-order chi connectivity index (χ1) is 11.3. The summed E-state index contributed by atoms with van der Waals surface area (Å²) in [5.74, 6) is 0.368. The highest BCUT2D eigenvalue weighted by atomic mass is 32.1. The van der Waals surface area contributed by atoms with Crippen molar-refractivity contribution in [2.24, 2.45) is 5.10 Å². The molecule has 23 heavy (non-hydrogen) atoms. The van der Waals surface area contributed by atoms with Crippen LogP contribution in [0, 0.1) is 0 Å². The Balaban J connectivity index is 1.66. The zero-order chi connectivity index (χ0) is 15.6. The van der Waals surface area contributed by atoms with Gasteiger partial charge in [0.05, 0.1) is 6.21 Å². The Morgan fingerprint density at radius 1 is 1.30 bits per heavy atom. The maximum atomic E-state index is 4.44. The molecule has 114 valence electrons. The van der Waals surface area contributed by atoms with Gasteiger partial charge in [0.25, 0.3) is 5.95 Å². The molecule has 0 spiro atoms. The topological polar surface area (TPSA) is 78.9 Å². The molecule has 0 aliphatic rings. The standard InChI is InChI=1S/C16H14N6S/c1-2-10-5-6-13-12(8-10)14-15(18-13)19-16(22-20-14)21-17-9-11-4-3-7-23-11/h3-9H,2H2,1H3,(H2,18,19,21,22). The van der Waals surface area contributed by atoms with E-state index in [1.165, 1.54) is 5.56 Å². The number of nitrogens with one attached hydrogen (secondary N) is 2. The number of aromatic nitrogens is 4. The van der Waals surface area contributed by atoms with E-state index in [-0.39, 0.29) is 0 Å². The minimum Gasteiger partial charge on any atom is -0.338 e. The number of aryl methyl sites for hydroxylation is 1. The number of aromatic amines is 1. The molecule has 2 N–H and O–H groups in total. The van der Waals surface area contributed by atoms with Gasteiger partial charge in [-0.3, -0.25) is 0 Å². The van der Waals surface area contributed by atoms with Gasteiger partial charge in [-0.05, 0) is 35.6 Å². The van der Waals surface area contributed by atoms with Gasteiger partial charge in [0.15, 0.2) is 5.65 Å². The monoisotopic (exact) mass is 322 g/mol. The zero-order valence-corrected chi connectivity index (χ0v) is 13.3. The summed E-state index contributed by atoms with van der Waals surface area (Å²) in [6, 6.07) is 10.3. The second kappa shape index (κ2) is 5.77. The lowest BCUT2D eigenvalue weighted by atomic mass is 10.1. The maximum Gasteiger partial charge on any atom is 0.265 e. The molecule has 0 saturated heterocycles. The van der Waals surface area contributed by atoms with Crippen LogP contribution in [0.5, 0.6) is 0 Å². The minimum atomic E-state index is 0.368. The first-order valence-electron chi connectivity index (χ1n) is 7.31. The highest BCUT2D eigenvalue weighted by molar-refractivity contribution is 7.11. The highest BCUT2D eigenvalue weighted by Crippen LogP contribution is 2.23. The fourth-order valence-corrected chi connectivity index (χ4v) is 2.99. The predicted octanol–water partition coefficient (Wildman–Crippen LogP) is 3.58. The van der Waals surface area contributed by atoms with E-state index in [1.54, 1.807) is 17.6 Å². The van der Waals surface area contributed by atoms with E-state index in [4.69, 9.17) is 0 Å². The summed E-state index contributed by atoms with van der Waals surface area (Å²) in [7, 11) is 0. The number of nitrogens with zero attached hydrogens (tertiary/aromatic N) is 4. The Morgan fingerprint density at radius 2 is 2.26 bits per heavy atom. The van der Waals surface area contributed by atoms with Crippen LogP contribution in [0.4, 0.5) is 5.95 Å². The number of benzene rings is 1. The quantitative estimate of drug-likeness (QED) is 0.445. The number of H-pyrrole nitrogens is 1. The van der Waals surface area contributed by atoms with E-state index in [0.717, 1.165) is 27.7 Å². The Morgan fingerprint density at radius 3 is 3.09 bits per heavy atom. The summed E-state index contributed by atoms with van der Waals surface area (Å²) < 4.78 is 0. The number of anilines is 1. The highest BCUT2D eigenvalue weighted by Gasteiger charge is 2.09. The summed E-state index contributed by atoms with van der Waals surface area (Å²) in [5.41, 5.74) is 6.58. The van der Waals surface area contributed by atoms with Crippen LogP contribution in [0.15, 0.2) is 40.8 Å². The van der Waals surface area contributed by atoms with E-state index in [2.05, 4.69) is 55.8 Å². The van der Waals surface area contributed by atoms with Crippen LogP contribution in [0.3, 0.4) is 0 Å².